The van der Waals surface area contributed by atoms with Crippen LogP contribution in [0.4, 0.5) is 0 Å². The van der Waals surface area contributed by atoms with Gasteiger partial charge in [-0.15, -0.1) is 5.10 Å². The molecule has 0 saturated carbocycles. The predicted octanol–water partition coefficient (Wildman–Crippen LogP) is 0.792. The fourth-order valence-corrected chi connectivity index (χ4v) is 1.23. The summed E-state index contributed by atoms with van der Waals surface area (Å²) in [5.41, 5.74) is -0.301. The molecular formula is C10H14N2O3. The van der Waals surface area contributed by atoms with E-state index in [0.29, 0.717) is 12.3 Å². The van der Waals surface area contributed by atoms with Crippen LogP contribution in [0.25, 0.3) is 0 Å². The maximum atomic E-state index is 11.4. The third-order valence-corrected chi connectivity index (χ3v) is 2.19. The molecule has 1 aromatic heterocycles. The molecule has 1 rings (SSSR count). The summed E-state index contributed by atoms with van der Waals surface area (Å²) < 4.78 is 6.03. The van der Waals surface area contributed by atoms with Crippen LogP contribution in [0, 0.1) is 0 Å². The first-order chi connectivity index (χ1) is 7.10. The number of ether oxygens (including phenoxy) is 1. The molecule has 0 amide bonds. The molecule has 5 heteroatoms. The fourth-order valence-electron chi connectivity index (χ4n) is 1.23. The minimum atomic E-state index is -0.544. The molecule has 82 valence electrons. The van der Waals surface area contributed by atoms with E-state index in [4.69, 9.17) is 4.74 Å². The van der Waals surface area contributed by atoms with E-state index in [0.717, 1.165) is 4.68 Å². The Kier molecular flexibility index (Phi) is 3.60. The maximum absolute atomic E-state index is 11.4. The molecule has 1 aromatic rings. The normalized spacial score (nSPS) is 12.2. The van der Waals surface area contributed by atoms with E-state index in [1.165, 1.54) is 19.2 Å². The number of ketones is 1. The predicted molar refractivity (Wildman–Crippen MR) is 55.1 cm³/mol. The van der Waals surface area contributed by atoms with Gasteiger partial charge in [-0.3, -0.25) is 9.59 Å². The van der Waals surface area contributed by atoms with Crippen LogP contribution in [-0.4, -0.2) is 22.7 Å². The lowest BCUT2D eigenvalue weighted by Gasteiger charge is -2.11. The smallest absolute Gasteiger partial charge is 0.267 e. The summed E-state index contributed by atoms with van der Waals surface area (Å²) in [6.45, 7) is 3.41. The van der Waals surface area contributed by atoms with Crippen molar-refractivity contribution in [2.24, 2.45) is 0 Å². The molecule has 0 saturated heterocycles. The van der Waals surface area contributed by atoms with Crippen LogP contribution < -0.4 is 10.3 Å². The van der Waals surface area contributed by atoms with Gasteiger partial charge < -0.3 is 4.74 Å². The number of hydrogen-bond acceptors (Lipinski definition) is 4. The Labute approximate surface area is 87.7 Å². The molecule has 0 aromatic carbocycles. The zero-order valence-electron chi connectivity index (χ0n) is 9.06. The second-order valence-electron chi connectivity index (χ2n) is 3.15. The monoisotopic (exact) mass is 210 g/mol. The standard InChI is InChI=1S/C10H14N2O3/c1-4-8(13)7(2)12-10(14)6-5-9(11-12)15-3/h5-7H,4H2,1-3H3. The van der Waals surface area contributed by atoms with Gasteiger partial charge in [-0.1, -0.05) is 6.92 Å². The highest BCUT2D eigenvalue weighted by Gasteiger charge is 2.15. The van der Waals surface area contributed by atoms with Crippen LogP contribution >= 0.6 is 0 Å². The van der Waals surface area contributed by atoms with Crippen LogP contribution in [0.5, 0.6) is 5.88 Å². The number of hydrogen-bond donors (Lipinski definition) is 0. The highest BCUT2D eigenvalue weighted by atomic mass is 16.5. The van der Waals surface area contributed by atoms with Gasteiger partial charge in [-0.05, 0) is 6.92 Å². The second-order valence-corrected chi connectivity index (χ2v) is 3.15. The van der Waals surface area contributed by atoms with Crippen LogP contribution in [0.15, 0.2) is 16.9 Å². The van der Waals surface area contributed by atoms with Gasteiger partial charge in [0.2, 0.25) is 5.88 Å². The van der Waals surface area contributed by atoms with E-state index >= 15 is 0 Å². The first-order valence-corrected chi connectivity index (χ1v) is 4.76. The Morgan fingerprint density at radius 3 is 2.80 bits per heavy atom. The fraction of sp³-hybridized carbons (Fsp3) is 0.500. The zero-order chi connectivity index (χ0) is 11.4. The summed E-state index contributed by atoms with van der Waals surface area (Å²) in [4.78, 5) is 22.9. The van der Waals surface area contributed by atoms with Crippen molar-refractivity contribution < 1.29 is 9.53 Å². The van der Waals surface area contributed by atoms with E-state index in [1.807, 2.05) is 0 Å². The third-order valence-electron chi connectivity index (χ3n) is 2.19. The van der Waals surface area contributed by atoms with Gasteiger partial charge in [0, 0.05) is 18.6 Å². The van der Waals surface area contributed by atoms with Crippen LogP contribution in [0.1, 0.15) is 26.3 Å². The van der Waals surface area contributed by atoms with E-state index in [1.54, 1.807) is 13.8 Å². The molecule has 0 aliphatic heterocycles. The Bertz CT molecular complexity index is 411. The number of Topliss-reactive ketones (excluding diaryl/α,β-unsaturated/α-hetero) is 1. The lowest BCUT2D eigenvalue weighted by atomic mass is 10.2. The molecule has 0 fully saturated rings. The zero-order valence-corrected chi connectivity index (χ0v) is 9.06. The van der Waals surface area contributed by atoms with Crippen molar-refractivity contribution in [3.63, 3.8) is 0 Å². The van der Waals surface area contributed by atoms with Crippen molar-refractivity contribution in [2.75, 3.05) is 7.11 Å². The van der Waals surface area contributed by atoms with Gasteiger partial charge in [0.05, 0.1) is 7.11 Å². The number of rotatable bonds is 4. The van der Waals surface area contributed by atoms with Crippen LogP contribution in [0.2, 0.25) is 0 Å². The average Bonchev–Trinajstić information content (AvgIpc) is 2.27. The molecule has 0 N–H and O–H groups in total. The van der Waals surface area contributed by atoms with E-state index < -0.39 is 6.04 Å². The lowest BCUT2D eigenvalue weighted by molar-refractivity contribution is -0.121. The van der Waals surface area contributed by atoms with Crippen molar-refractivity contribution in [1.29, 1.82) is 0 Å². The van der Waals surface area contributed by atoms with Crippen molar-refractivity contribution in [2.45, 2.75) is 26.3 Å². The van der Waals surface area contributed by atoms with Gasteiger partial charge >= 0.3 is 0 Å². The topological polar surface area (TPSA) is 61.2 Å². The number of carbonyl (C=O) groups excluding carboxylic acids is 1. The highest BCUT2D eigenvalue weighted by Crippen LogP contribution is 2.07. The number of methoxy groups -OCH3 is 1. The molecule has 1 atom stereocenters. The van der Waals surface area contributed by atoms with E-state index in [-0.39, 0.29) is 11.3 Å². The minimum absolute atomic E-state index is 0.0298. The molecule has 0 aliphatic carbocycles. The van der Waals surface area contributed by atoms with Crippen LogP contribution in [0.3, 0.4) is 0 Å². The SMILES string of the molecule is CCC(=O)C(C)n1nc(OC)ccc1=O. The van der Waals surface area contributed by atoms with Gasteiger partial charge in [0.25, 0.3) is 5.56 Å². The van der Waals surface area contributed by atoms with Crippen molar-refractivity contribution in [3.8, 4) is 5.88 Å². The summed E-state index contributed by atoms with van der Waals surface area (Å²) in [7, 11) is 1.46. The van der Waals surface area contributed by atoms with Gasteiger partial charge in [0.1, 0.15) is 6.04 Å². The van der Waals surface area contributed by atoms with Crippen molar-refractivity contribution in [1.82, 2.24) is 9.78 Å². The maximum Gasteiger partial charge on any atom is 0.267 e. The Morgan fingerprint density at radius 1 is 1.60 bits per heavy atom. The van der Waals surface area contributed by atoms with E-state index in [2.05, 4.69) is 5.10 Å². The van der Waals surface area contributed by atoms with Crippen LogP contribution in [-0.2, 0) is 4.79 Å². The average molecular weight is 210 g/mol. The van der Waals surface area contributed by atoms with Crippen molar-refractivity contribution >= 4 is 5.78 Å². The first-order valence-electron chi connectivity index (χ1n) is 4.76. The van der Waals surface area contributed by atoms with Crippen molar-refractivity contribution in [3.05, 3.63) is 22.5 Å². The lowest BCUT2D eigenvalue weighted by Crippen LogP contribution is -2.29. The highest BCUT2D eigenvalue weighted by molar-refractivity contribution is 5.81. The Hall–Kier alpha value is -1.65. The molecule has 0 aliphatic rings. The van der Waals surface area contributed by atoms with Gasteiger partial charge in [-0.25, -0.2) is 4.68 Å². The molecule has 0 radical (unpaired) electrons. The third kappa shape index (κ3) is 2.43. The summed E-state index contributed by atoms with van der Waals surface area (Å²) >= 11 is 0. The Morgan fingerprint density at radius 2 is 2.27 bits per heavy atom. The molecule has 0 bridgehead atoms. The number of nitrogens with zero attached hydrogens (tertiary/aromatic N) is 2. The largest absolute Gasteiger partial charge is 0.480 e. The number of carbonyl (C=O) groups is 1. The summed E-state index contributed by atoms with van der Waals surface area (Å²) in [6.07, 6.45) is 0.381. The molecule has 15 heavy (non-hydrogen) atoms. The summed E-state index contributed by atoms with van der Waals surface area (Å²) in [5, 5.41) is 3.92. The first kappa shape index (κ1) is 11.4. The molecular weight excluding hydrogens is 196 g/mol. The van der Waals surface area contributed by atoms with E-state index in [9.17, 15) is 9.59 Å². The van der Waals surface area contributed by atoms with Gasteiger partial charge in [0.15, 0.2) is 5.78 Å². The summed E-state index contributed by atoms with van der Waals surface area (Å²) in [5.74, 6) is 0.295. The minimum Gasteiger partial charge on any atom is -0.480 e. The second kappa shape index (κ2) is 4.72. The quantitative estimate of drug-likeness (QED) is 0.737. The molecule has 5 nitrogen and oxygen atoms in total. The molecule has 0 spiro atoms. The Balaban J connectivity index is 3.12. The van der Waals surface area contributed by atoms with Gasteiger partial charge in [-0.2, -0.15) is 0 Å². The molecule has 1 unspecified atom stereocenters. The summed E-state index contributed by atoms with van der Waals surface area (Å²) in [6, 6.07) is 2.27. The molecule has 1 heterocycles. The number of aromatic nitrogens is 2.